The van der Waals surface area contributed by atoms with Crippen LogP contribution in [-0.4, -0.2) is 28.7 Å². The number of fused-ring (bicyclic) bond motifs is 1. The Balaban J connectivity index is 1.61. The molecule has 2 aromatic carbocycles. The van der Waals surface area contributed by atoms with Gasteiger partial charge in [0.15, 0.2) is 6.61 Å². The molecule has 1 aromatic heterocycles. The molecule has 0 aliphatic rings. The zero-order valence-corrected chi connectivity index (χ0v) is 13.2. The molecule has 0 aliphatic carbocycles. The van der Waals surface area contributed by atoms with Crippen LogP contribution in [0.3, 0.4) is 0 Å². The number of benzene rings is 2. The van der Waals surface area contributed by atoms with Crippen molar-refractivity contribution in [1.29, 1.82) is 0 Å². The van der Waals surface area contributed by atoms with Gasteiger partial charge in [0.2, 0.25) is 0 Å². The Morgan fingerprint density at radius 1 is 1.00 bits per heavy atom. The molecule has 0 bridgehead atoms. The second kappa shape index (κ2) is 7.39. The monoisotopic (exact) mass is 337 g/mol. The summed E-state index contributed by atoms with van der Waals surface area (Å²) in [5.74, 6) is -1.04. The minimum absolute atomic E-state index is 0.143. The predicted molar refractivity (Wildman–Crippen MR) is 92.1 cm³/mol. The molecule has 0 aliphatic heterocycles. The van der Waals surface area contributed by atoms with Crippen LogP contribution in [0, 0.1) is 0 Å². The summed E-state index contributed by atoms with van der Waals surface area (Å²) in [6, 6.07) is 15.7. The highest BCUT2D eigenvalue weighted by Gasteiger charge is 2.13. The number of aromatic amines is 1. The van der Waals surface area contributed by atoms with Crippen molar-refractivity contribution in [2.45, 2.75) is 6.42 Å². The molecule has 3 rings (SSSR count). The SMILES string of the molecule is O=C(COC(=O)Cc1n[nH]c(=O)c2ccccc12)Nc1ccccc1. The Labute approximate surface area is 142 Å². The molecular formula is C18H15N3O4. The van der Waals surface area contributed by atoms with E-state index in [2.05, 4.69) is 15.5 Å². The van der Waals surface area contributed by atoms with Crippen molar-refractivity contribution in [2.24, 2.45) is 0 Å². The summed E-state index contributed by atoms with van der Waals surface area (Å²) < 4.78 is 4.98. The molecule has 0 atom stereocenters. The van der Waals surface area contributed by atoms with Crippen LogP contribution in [0.15, 0.2) is 59.4 Å². The minimum Gasteiger partial charge on any atom is -0.455 e. The Morgan fingerprint density at radius 2 is 1.68 bits per heavy atom. The van der Waals surface area contributed by atoms with E-state index in [0.29, 0.717) is 22.2 Å². The fraction of sp³-hybridized carbons (Fsp3) is 0.111. The number of H-pyrrole nitrogens is 1. The number of para-hydroxylation sites is 1. The summed E-state index contributed by atoms with van der Waals surface area (Å²) in [6.07, 6.45) is -0.143. The average Bonchev–Trinajstić information content (AvgIpc) is 2.63. The van der Waals surface area contributed by atoms with Crippen LogP contribution in [0.4, 0.5) is 5.69 Å². The third-order valence-corrected chi connectivity index (χ3v) is 3.51. The quantitative estimate of drug-likeness (QED) is 0.689. The van der Waals surface area contributed by atoms with Crippen LogP contribution in [0.5, 0.6) is 0 Å². The number of hydrogen-bond acceptors (Lipinski definition) is 5. The number of nitrogens with zero attached hydrogens (tertiary/aromatic N) is 1. The number of ether oxygens (including phenoxy) is 1. The number of rotatable bonds is 5. The highest BCUT2D eigenvalue weighted by atomic mass is 16.5. The zero-order valence-electron chi connectivity index (χ0n) is 13.2. The second-order valence-electron chi connectivity index (χ2n) is 5.30. The largest absolute Gasteiger partial charge is 0.455 e. The highest BCUT2D eigenvalue weighted by molar-refractivity contribution is 5.93. The fourth-order valence-corrected chi connectivity index (χ4v) is 2.36. The first-order chi connectivity index (χ1) is 12.1. The molecule has 7 nitrogen and oxygen atoms in total. The molecule has 2 N–H and O–H groups in total. The zero-order chi connectivity index (χ0) is 17.6. The van der Waals surface area contributed by atoms with Gasteiger partial charge in [0.25, 0.3) is 11.5 Å². The van der Waals surface area contributed by atoms with E-state index in [1.165, 1.54) is 0 Å². The Hall–Kier alpha value is -3.48. The van der Waals surface area contributed by atoms with Gasteiger partial charge in [0.1, 0.15) is 0 Å². The van der Waals surface area contributed by atoms with E-state index < -0.39 is 18.5 Å². The maximum atomic E-state index is 12.0. The minimum atomic E-state index is -0.604. The molecule has 1 amide bonds. The van der Waals surface area contributed by atoms with Crippen molar-refractivity contribution in [3.8, 4) is 0 Å². The van der Waals surface area contributed by atoms with Crippen molar-refractivity contribution in [3.05, 3.63) is 70.6 Å². The second-order valence-corrected chi connectivity index (χ2v) is 5.30. The average molecular weight is 337 g/mol. The summed E-state index contributed by atoms with van der Waals surface area (Å²) in [7, 11) is 0. The summed E-state index contributed by atoms with van der Waals surface area (Å²) in [5.41, 5.74) is 0.690. The van der Waals surface area contributed by atoms with Crippen LogP contribution < -0.4 is 10.9 Å². The van der Waals surface area contributed by atoms with Gasteiger partial charge >= 0.3 is 5.97 Å². The number of carbonyl (C=O) groups is 2. The molecule has 25 heavy (non-hydrogen) atoms. The maximum absolute atomic E-state index is 12.0. The molecule has 0 radical (unpaired) electrons. The van der Waals surface area contributed by atoms with Gasteiger partial charge in [-0.3, -0.25) is 14.4 Å². The normalized spacial score (nSPS) is 10.4. The van der Waals surface area contributed by atoms with E-state index in [9.17, 15) is 14.4 Å². The van der Waals surface area contributed by atoms with E-state index in [0.717, 1.165) is 0 Å². The number of amides is 1. The van der Waals surface area contributed by atoms with E-state index in [4.69, 9.17) is 4.74 Å². The highest BCUT2D eigenvalue weighted by Crippen LogP contribution is 2.13. The fourth-order valence-electron chi connectivity index (χ4n) is 2.36. The van der Waals surface area contributed by atoms with Gasteiger partial charge in [-0.05, 0) is 18.2 Å². The van der Waals surface area contributed by atoms with Gasteiger partial charge in [0, 0.05) is 11.1 Å². The molecule has 7 heteroatoms. The topological polar surface area (TPSA) is 101 Å². The van der Waals surface area contributed by atoms with Crippen molar-refractivity contribution in [2.75, 3.05) is 11.9 Å². The lowest BCUT2D eigenvalue weighted by atomic mass is 10.1. The molecule has 0 saturated carbocycles. The number of aromatic nitrogens is 2. The van der Waals surface area contributed by atoms with Crippen LogP contribution in [0.2, 0.25) is 0 Å². The first kappa shape index (κ1) is 16.4. The van der Waals surface area contributed by atoms with Crippen LogP contribution in [0.1, 0.15) is 5.69 Å². The van der Waals surface area contributed by atoms with Crippen molar-refractivity contribution >= 4 is 28.3 Å². The Morgan fingerprint density at radius 3 is 2.44 bits per heavy atom. The van der Waals surface area contributed by atoms with Gasteiger partial charge < -0.3 is 10.1 Å². The molecule has 0 fully saturated rings. The van der Waals surface area contributed by atoms with E-state index in [1.54, 1.807) is 48.5 Å². The predicted octanol–water partition coefficient (Wildman–Crippen LogP) is 1.65. The molecule has 3 aromatic rings. The standard InChI is InChI=1S/C18H15N3O4/c22-16(19-12-6-2-1-3-7-12)11-25-17(23)10-15-13-8-4-5-9-14(13)18(24)21-20-15/h1-9H,10-11H2,(H,19,22)(H,21,24). The Bertz CT molecular complexity index is 967. The van der Waals surface area contributed by atoms with E-state index >= 15 is 0 Å². The number of hydrogen-bond donors (Lipinski definition) is 2. The van der Waals surface area contributed by atoms with E-state index in [-0.39, 0.29) is 12.0 Å². The summed E-state index contributed by atoms with van der Waals surface area (Å²) in [6.45, 7) is -0.394. The van der Waals surface area contributed by atoms with E-state index in [1.807, 2.05) is 6.07 Å². The van der Waals surface area contributed by atoms with Crippen molar-refractivity contribution in [1.82, 2.24) is 10.2 Å². The van der Waals surface area contributed by atoms with Crippen LogP contribution in [-0.2, 0) is 20.7 Å². The van der Waals surface area contributed by atoms with Crippen molar-refractivity contribution in [3.63, 3.8) is 0 Å². The molecule has 0 unspecified atom stereocenters. The molecule has 0 spiro atoms. The van der Waals surface area contributed by atoms with Gasteiger partial charge in [-0.25, -0.2) is 5.10 Å². The molecule has 126 valence electrons. The van der Waals surface area contributed by atoms with Gasteiger partial charge in [-0.15, -0.1) is 0 Å². The molecule has 0 saturated heterocycles. The third-order valence-electron chi connectivity index (χ3n) is 3.51. The Kier molecular flexibility index (Phi) is 4.84. The summed E-state index contributed by atoms with van der Waals surface area (Å²) in [4.78, 5) is 35.5. The number of carbonyl (C=O) groups excluding carboxylic acids is 2. The van der Waals surface area contributed by atoms with Crippen LogP contribution in [0.25, 0.3) is 10.8 Å². The van der Waals surface area contributed by atoms with Gasteiger partial charge in [0.05, 0.1) is 17.5 Å². The summed E-state index contributed by atoms with van der Waals surface area (Å²) in [5, 5.41) is 9.90. The lowest BCUT2D eigenvalue weighted by molar-refractivity contribution is -0.146. The molecular weight excluding hydrogens is 322 g/mol. The van der Waals surface area contributed by atoms with Gasteiger partial charge in [-0.2, -0.15) is 5.10 Å². The first-order valence-corrected chi connectivity index (χ1v) is 7.60. The number of esters is 1. The lowest BCUT2D eigenvalue weighted by Crippen LogP contribution is -2.22. The van der Waals surface area contributed by atoms with Gasteiger partial charge in [-0.1, -0.05) is 36.4 Å². The number of anilines is 1. The maximum Gasteiger partial charge on any atom is 0.312 e. The van der Waals surface area contributed by atoms with Crippen molar-refractivity contribution < 1.29 is 14.3 Å². The van der Waals surface area contributed by atoms with Crippen LogP contribution >= 0.6 is 0 Å². The molecule has 1 heterocycles. The lowest BCUT2D eigenvalue weighted by Gasteiger charge is -2.07. The number of nitrogens with one attached hydrogen (secondary N) is 2. The third kappa shape index (κ3) is 4.08. The smallest absolute Gasteiger partial charge is 0.312 e. The first-order valence-electron chi connectivity index (χ1n) is 7.60. The summed E-state index contributed by atoms with van der Waals surface area (Å²) >= 11 is 0.